The molecule has 42 heavy (non-hydrogen) atoms. The Morgan fingerprint density at radius 2 is 1.55 bits per heavy atom. The van der Waals surface area contributed by atoms with Crippen LogP contribution in [0, 0.1) is 0 Å². The molecule has 0 radical (unpaired) electrons. The molecular formula is C36H35N3O2Si. The zero-order chi connectivity index (χ0) is 29.4. The normalized spacial score (nSPS) is 17.7. The maximum atomic E-state index is 11.9. The fourth-order valence-corrected chi connectivity index (χ4v) is 9.49. The lowest BCUT2D eigenvalue weighted by atomic mass is 9.77. The van der Waals surface area contributed by atoms with Crippen LogP contribution in [0.3, 0.4) is 0 Å². The summed E-state index contributed by atoms with van der Waals surface area (Å²) in [5.74, 6) is 1.99. The van der Waals surface area contributed by atoms with Crippen LogP contribution in [0.5, 0.6) is 11.6 Å². The summed E-state index contributed by atoms with van der Waals surface area (Å²) in [5, 5.41) is 4.21. The fourth-order valence-electron chi connectivity index (χ4n) is 6.52. The number of rotatable bonds is 3. The third-order valence-electron chi connectivity index (χ3n) is 8.87. The van der Waals surface area contributed by atoms with E-state index in [1.165, 1.54) is 11.1 Å². The van der Waals surface area contributed by atoms with Crippen molar-refractivity contribution in [2.45, 2.75) is 52.0 Å². The SMILES string of the molecule is CC(C)(C)c1ccnc(-n2c3ccccc3c3ccc(Oc4ccc5c(c4)[Si](C)(O)c4ccccc4C5(C)C)nc32)c1. The minimum absolute atomic E-state index is 0.00973. The van der Waals surface area contributed by atoms with Gasteiger partial charge in [0.2, 0.25) is 14.2 Å². The van der Waals surface area contributed by atoms with Gasteiger partial charge in [-0.15, -0.1) is 0 Å². The topological polar surface area (TPSA) is 60.2 Å². The van der Waals surface area contributed by atoms with Gasteiger partial charge in [0.25, 0.3) is 0 Å². The molecule has 0 spiro atoms. The number of para-hydroxylation sites is 1. The lowest BCUT2D eigenvalue weighted by molar-refractivity contribution is 0.464. The van der Waals surface area contributed by atoms with Gasteiger partial charge in [0, 0.05) is 28.5 Å². The van der Waals surface area contributed by atoms with Crippen LogP contribution < -0.4 is 15.1 Å². The second-order valence-corrected chi connectivity index (χ2v) is 16.3. The van der Waals surface area contributed by atoms with Crippen LogP contribution in [0.1, 0.15) is 51.3 Å². The van der Waals surface area contributed by atoms with E-state index >= 15 is 0 Å². The summed E-state index contributed by atoms with van der Waals surface area (Å²) in [5.41, 5.74) is 5.18. The highest BCUT2D eigenvalue weighted by molar-refractivity contribution is 6.96. The second-order valence-electron chi connectivity index (χ2n) is 13.1. The number of pyridine rings is 2. The second kappa shape index (κ2) is 9.12. The zero-order valence-corrected chi connectivity index (χ0v) is 25.9. The molecule has 3 aromatic carbocycles. The van der Waals surface area contributed by atoms with Crippen LogP contribution >= 0.6 is 0 Å². The highest BCUT2D eigenvalue weighted by Crippen LogP contribution is 2.37. The Morgan fingerprint density at radius 3 is 2.36 bits per heavy atom. The van der Waals surface area contributed by atoms with E-state index in [-0.39, 0.29) is 10.8 Å². The van der Waals surface area contributed by atoms with Crippen LogP contribution in [0.2, 0.25) is 6.55 Å². The Balaban J connectivity index is 1.35. The molecule has 0 bridgehead atoms. The average molecular weight is 570 g/mol. The summed E-state index contributed by atoms with van der Waals surface area (Å²) in [6, 6.07) is 31.0. The Bertz CT molecular complexity index is 2020. The van der Waals surface area contributed by atoms with E-state index in [0.29, 0.717) is 11.6 Å². The van der Waals surface area contributed by atoms with Crippen LogP contribution in [-0.2, 0) is 10.8 Å². The average Bonchev–Trinajstić information content (AvgIpc) is 3.30. The van der Waals surface area contributed by atoms with E-state index in [0.717, 1.165) is 43.7 Å². The van der Waals surface area contributed by atoms with Crippen molar-refractivity contribution in [3.63, 3.8) is 0 Å². The summed E-state index contributed by atoms with van der Waals surface area (Å²) in [6.07, 6.45) is 1.87. The maximum Gasteiger partial charge on any atom is 0.250 e. The third kappa shape index (κ3) is 4.01. The Kier molecular flexibility index (Phi) is 5.78. The molecule has 7 rings (SSSR count). The molecule has 6 aromatic rings. The maximum absolute atomic E-state index is 11.9. The Hall–Kier alpha value is -4.26. The molecule has 0 aliphatic carbocycles. The minimum atomic E-state index is -2.92. The molecule has 210 valence electrons. The lowest BCUT2D eigenvalue weighted by Gasteiger charge is -2.41. The van der Waals surface area contributed by atoms with E-state index in [1.807, 2.05) is 43.1 Å². The van der Waals surface area contributed by atoms with Crippen molar-refractivity contribution >= 4 is 40.6 Å². The number of hydrogen-bond donors (Lipinski definition) is 1. The van der Waals surface area contributed by atoms with Gasteiger partial charge in [-0.25, -0.2) is 4.98 Å². The lowest BCUT2D eigenvalue weighted by Crippen LogP contribution is -2.64. The number of benzene rings is 3. The van der Waals surface area contributed by atoms with Crippen LogP contribution in [0.15, 0.2) is 97.2 Å². The molecule has 1 aliphatic rings. The van der Waals surface area contributed by atoms with Crippen molar-refractivity contribution < 1.29 is 9.53 Å². The largest absolute Gasteiger partial charge is 0.439 e. The van der Waals surface area contributed by atoms with Gasteiger partial charge < -0.3 is 9.53 Å². The highest BCUT2D eigenvalue weighted by Gasteiger charge is 2.45. The third-order valence-corrected chi connectivity index (χ3v) is 11.8. The van der Waals surface area contributed by atoms with Crippen molar-refractivity contribution in [1.82, 2.24) is 14.5 Å². The smallest absolute Gasteiger partial charge is 0.250 e. The fraction of sp³-hybridized carbons (Fsp3) is 0.222. The predicted octanol–water partition coefficient (Wildman–Crippen LogP) is 6.98. The van der Waals surface area contributed by atoms with E-state index in [2.05, 4.69) is 99.8 Å². The van der Waals surface area contributed by atoms with Gasteiger partial charge in [-0.2, -0.15) is 4.98 Å². The first-order valence-corrected chi connectivity index (χ1v) is 16.9. The standard InChI is InChI=1S/C36H35N3O2Si/c1-35(2,3)23-19-20-37-32(21-23)39-29-13-9-7-11-25(29)26-16-18-33(38-34(26)39)41-24-15-17-28-31(22-24)42(6,40)30-14-10-8-12-27(30)36(28,4)5/h7-22,40H,1-6H3. The van der Waals surface area contributed by atoms with Gasteiger partial charge in [0.05, 0.1) is 5.52 Å². The predicted molar refractivity (Wildman–Crippen MR) is 173 cm³/mol. The van der Waals surface area contributed by atoms with Crippen molar-refractivity contribution in [3.05, 3.63) is 114 Å². The van der Waals surface area contributed by atoms with E-state index in [1.54, 1.807) is 0 Å². The van der Waals surface area contributed by atoms with Crippen LogP contribution in [0.25, 0.3) is 27.8 Å². The van der Waals surface area contributed by atoms with Gasteiger partial charge in [0.15, 0.2) is 5.65 Å². The molecule has 1 aliphatic heterocycles. The Morgan fingerprint density at radius 1 is 0.810 bits per heavy atom. The first-order chi connectivity index (χ1) is 20.0. The summed E-state index contributed by atoms with van der Waals surface area (Å²) in [7, 11) is -2.92. The monoisotopic (exact) mass is 569 g/mol. The molecular weight excluding hydrogens is 535 g/mol. The summed E-state index contributed by atoms with van der Waals surface area (Å²) in [6.45, 7) is 13.1. The molecule has 5 nitrogen and oxygen atoms in total. The summed E-state index contributed by atoms with van der Waals surface area (Å²) >= 11 is 0. The van der Waals surface area contributed by atoms with Crippen molar-refractivity contribution in [3.8, 4) is 17.4 Å². The summed E-state index contributed by atoms with van der Waals surface area (Å²) < 4.78 is 8.55. The van der Waals surface area contributed by atoms with Gasteiger partial charge >= 0.3 is 0 Å². The van der Waals surface area contributed by atoms with Crippen molar-refractivity contribution in [2.75, 3.05) is 0 Å². The van der Waals surface area contributed by atoms with Gasteiger partial charge in [-0.1, -0.05) is 83.1 Å². The molecule has 1 unspecified atom stereocenters. The Labute approximate surface area is 247 Å². The number of fused-ring (bicyclic) bond motifs is 5. The van der Waals surface area contributed by atoms with Crippen molar-refractivity contribution in [1.29, 1.82) is 0 Å². The molecule has 0 amide bonds. The molecule has 0 saturated carbocycles. The van der Waals surface area contributed by atoms with Crippen LogP contribution in [-0.4, -0.2) is 27.6 Å². The molecule has 1 N–H and O–H groups in total. The van der Waals surface area contributed by atoms with Crippen LogP contribution in [0.4, 0.5) is 0 Å². The number of ether oxygens (including phenoxy) is 1. The van der Waals surface area contributed by atoms with Gasteiger partial charge in [0.1, 0.15) is 11.6 Å². The van der Waals surface area contributed by atoms with Gasteiger partial charge in [-0.3, -0.25) is 4.57 Å². The van der Waals surface area contributed by atoms with E-state index in [4.69, 9.17) is 14.7 Å². The summed E-state index contributed by atoms with van der Waals surface area (Å²) in [4.78, 5) is 21.7. The number of nitrogens with zero attached hydrogens (tertiary/aromatic N) is 3. The molecule has 0 saturated heterocycles. The molecule has 3 aromatic heterocycles. The van der Waals surface area contributed by atoms with Crippen molar-refractivity contribution in [2.24, 2.45) is 0 Å². The molecule has 1 atom stereocenters. The highest BCUT2D eigenvalue weighted by atomic mass is 28.4. The molecule has 6 heteroatoms. The quantitative estimate of drug-likeness (QED) is 0.234. The molecule has 4 heterocycles. The first-order valence-electron chi connectivity index (χ1n) is 14.5. The first kappa shape index (κ1) is 26.6. The number of aromatic nitrogens is 3. The molecule has 0 fully saturated rings. The minimum Gasteiger partial charge on any atom is -0.439 e. The zero-order valence-electron chi connectivity index (χ0n) is 24.9. The number of hydrogen-bond acceptors (Lipinski definition) is 4. The van der Waals surface area contributed by atoms with Gasteiger partial charge in [-0.05, 0) is 75.4 Å². The van der Waals surface area contributed by atoms with E-state index < -0.39 is 8.32 Å². The van der Waals surface area contributed by atoms with E-state index in [9.17, 15) is 4.80 Å².